The van der Waals surface area contributed by atoms with Gasteiger partial charge in [0, 0.05) is 5.92 Å². The van der Waals surface area contributed by atoms with Crippen molar-refractivity contribution in [2.24, 2.45) is 0 Å². The summed E-state index contributed by atoms with van der Waals surface area (Å²) in [6.07, 6.45) is 12.1. The van der Waals surface area contributed by atoms with Gasteiger partial charge in [-0.1, -0.05) is 36.7 Å². The van der Waals surface area contributed by atoms with Crippen LogP contribution in [0.2, 0.25) is 0 Å². The summed E-state index contributed by atoms with van der Waals surface area (Å²) < 4.78 is 6.61. The van der Waals surface area contributed by atoms with Crippen molar-refractivity contribution in [3.8, 4) is 0 Å². The summed E-state index contributed by atoms with van der Waals surface area (Å²) >= 11 is 1.44. The summed E-state index contributed by atoms with van der Waals surface area (Å²) in [6, 6.07) is 0. The van der Waals surface area contributed by atoms with E-state index in [0.29, 0.717) is 16.5 Å². The number of fused-ring (bicyclic) bond motifs is 1. The van der Waals surface area contributed by atoms with Gasteiger partial charge in [-0.2, -0.15) is 14.6 Å². The zero-order valence-corrected chi connectivity index (χ0v) is 15.8. The molecule has 2 N–H and O–H groups in total. The molecule has 0 aromatic carbocycles. The minimum atomic E-state index is -0.406. The van der Waals surface area contributed by atoms with E-state index in [1.54, 1.807) is 22.7 Å². The maximum absolute atomic E-state index is 12.5. The first-order valence-electron chi connectivity index (χ1n) is 8.96. The van der Waals surface area contributed by atoms with Gasteiger partial charge in [-0.05, 0) is 36.6 Å². The Morgan fingerprint density at radius 3 is 2.78 bits per heavy atom. The Bertz CT molecular complexity index is 1050. The third kappa shape index (κ3) is 3.32. The standard InChI is InChI=1S/C19H20N4O3S/c1-26-15-10-11(7-8-14(15)24)9-13-16(20)23-19(21-17(13)25)27-18(22-23)12-5-3-2-4-6-12/h7-10,12H,2-6,20H2,1H3/b11-9-. The van der Waals surface area contributed by atoms with Crippen molar-refractivity contribution in [1.82, 2.24) is 14.6 Å². The molecule has 4 rings (SSSR count). The highest BCUT2D eigenvalue weighted by atomic mass is 32.1. The third-order valence-corrected chi connectivity index (χ3v) is 6.03. The minimum Gasteiger partial charge on any atom is -0.493 e. The lowest BCUT2D eigenvalue weighted by Crippen LogP contribution is -2.17. The molecule has 2 heterocycles. The first kappa shape index (κ1) is 17.7. The Hall–Kier alpha value is -2.74. The maximum Gasteiger partial charge on any atom is 0.283 e. The highest BCUT2D eigenvalue weighted by molar-refractivity contribution is 7.16. The number of anilines is 1. The van der Waals surface area contributed by atoms with Crippen LogP contribution in [-0.2, 0) is 9.53 Å². The second-order valence-corrected chi connectivity index (χ2v) is 7.73. The van der Waals surface area contributed by atoms with Gasteiger partial charge in [0.25, 0.3) is 5.56 Å². The number of methoxy groups -OCH3 is 1. The number of ether oxygens (including phenoxy) is 1. The van der Waals surface area contributed by atoms with Gasteiger partial charge in [-0.15, -0.1) is 0 Å². The summed E-state index contributed by atoms with van der Waals surface area (Å²) in [4.78, 5) is 28.9. The third-order valence-electron chi connectivity index (χ3n) is 4.96. The average molecular weight is 384 g/mol. The van der Waals surface area contributed by atoms with E-state index in [4.69, 9.17) is 10.5 Å². The Morgan fingerprint density at radius 2 is 2.04 bits per heavy atom. The first-order chi connectivity index (χ1) is 13.1. The molecule has 0 bridgehead atoms. The molecule has 0 amide bonds. The van der Waals surface area contributed by atoms with E-state index in [1.165, 1.54) is 43.8 Å². The van der Waals surface area contributed by atoms with Gasteiger partial charge in [-0.3, -0.25) is 9.59 Å². The van der Waals surface area contributed by atoms with Crippen LogP contribution < -0.4 is 11.3 Å². The SMILES string of the molecule is COC1=C/C(=C\c2c(N)n3nc(C4CCCCC4)sc3nc2=O)C=CC1=O. The highest BCUT2D eigenvalue weighted by Gasteiger charge is 2.22. The molecule has 0 spiro atoms. The normalized spacial score (nSPS) is 19.7. The van der Waals surface area contributed by atoms with Crippen molar-refractivity contribution >= 4 is 34.0 Å². The Kier molecular flexibility index (Phi) is 4.65. The lowest BCUT2D eigenvalue weighted by atomic mass is 9.90. The van der Waals surface area contributed by atoms with E-state index < -0.39 is 5.56 Å². The van der Waals surface area contributed by atoms with Gasteiger partial charge in [0.15, 0.2) is 5.76 Å². The van der Waals surface area contributed by atoms with Crippen molar-refractivity contribution in [3.05, 3.63) is 50.5 Å². The van der Waals surface area contributed by atoms with E-state index in [1.807, 2.05) is 0 Å². The molecule has 8 heteroatoms. The number of hydrogen-bond donors (Lipinski definition) is 1. The van der Waals surface area contributed by atoms with Crippen LogP contribution in [0.3, 0.4) is 0 Å². The molecule has 0 atom stereocenters. The zero-order chi connectivity index (χ0) is 19.0. The summed E-state index contributed by atoms with van der Waals surface area (Å²) in [5.41, 5.74) is 6.74. The van der Waals surface area contributed by atoms with Gasteiger partial charge in [0.1, 0.15) is 10.8 Å². The number of ketones is 1. The lowest BCUT2D eigenvalue weighted by molar-refractivity contribution is -0.114. The number of carbonyl (C=O) groups is 1. The summed E-state index contributed by atoms with van der Waals surface area (Å²) in [6.45, 7) is 0. The molecule has 1 fully saturated rings. The molecular formula is C19H20N4O3S. The second kappa shape index (κ2) is 7.11. The van der Waals surface area contributed by atoms with E-state index in [-0.39, 0.29) is 22.9 Å². The molecule has 0 unspecified atom stereocenters. The Balaban J connectivity index is 1.77. The molecule has 2 aromatic heterocycles. The number of nitrogens with zero attached hydrogens (tertiary/aromatic N) is 3. The van der Waals surface area contributed by atoms with Crippen molar-refractivity contribution < 1.29 is 9.53 Å². The van der Waals surface area contributed by atoms with Gasteiger partial charge >= 0.3 is 0 Å². The predicted octanol–water partition coefficient (Wildman–Crippen LogP) is 2.83. The predicted molar refractivity (Wildman–Crippen MR) is 105 cm³/mol. The van der Waals surface area contributed by atoms with E-state index in [0.717, 1.165) is 17.8 Å². The van der Waals surface area contributed by atoms with Crippen LogP contribution in [-0.4, -0.2) is 27.5 Å². The Morgan fingerprint density at radius 1 is 1.26 bits per heavy atom. The monoisotopic (exact) mass is 384 g/mol. The summed E-state index contributed by atoms with van der Waals surface area (Å²) in [5, 5.41) is 5.63. The number of rotatable bonds is 3. The van der Waals surface area contributed by atoms with Crippen LogP contribution in [0, 0.1) is 0 Å². The van der Waals surface area contributed by atoms with E-state index in [9.17, 15) is 9.59 Å². The molecule has 27 heavy (non-hydrogen) atoms. The van der Waals surface area contributed by atoms with Gasteiger partial charge in [0.2, 0.25) is 10.7 Å². The fourth-order valence-corrected chi connectivity index (χ4v) is 4.55. The first-order valence-corrected chi connectivity index (χ1v) is 9.77. The molecule has 0 aliphatic heterocycles. The fraction of sp³-hybridized carbons (Fsp3) is 0.368. The highest BCUT2D eigenvalue weighted by Crippen LogP contribution is 2.35. The van der Waals surface area contributed by atoms with Gasteiger partial charge in [-0.25, -0.2) is 0 Å². The van der Waals surface area contributed by atoms with E-state index >= 15 is 0 Å². The smallest absolute Gasteiger partial charge is 0.283 e. The second-order valence-electron chi connectivity index (χ2n) is 6.74. The topological polar surface area (TPSA) is 99.6 Å². The summed E-state index contributed by atoms with van der Waals surface area (Å²) in [7, 11) is 1.43. The molecule has 2 aromatic rings. The molecule has 0 radical (unpaired) electrons. The largest absolute Gasteiger partial charge is 0.493 e. The van der Waals surface area contributed by atoms with E-state index in [2.05, 4.69) is 10.1 Å². The van der Waals surface area contributed by atoms with Crippen LogP contribution >= 0.6 is 11.3 Å². The average Bonchev–Trinajstić information content (AvgIpc) is 3.11. The number of allylic oxidation sites excluding steroid dienone is 4. The van der Waals surface area contributed by atoms with Gasteiger partial charge < -0.3 is 10.5 Å². The molecule has 2 aliphatic carbocycles. The lowest BCUT2D eigenvalue weighted by Gasteiger charge is -2.18. The van der Waals surface area contributed by atoms with Crippen molar-refractivity contribution in [3.63, 3.8) is 0 Å². The number of nitrogens with two attached hydrogens (primary N) is 1. The minimum absolute atomic E-state index is 0.213. The molecule has 2 aliphatic rings. The molecule has 0 saturated heterocycles. The molecule has 140 valence electrons. The van der Waals surface area contributed by atoms with Gasteiger partial charge in [0.05, 0.1) is 12.7 Å². The number of carbonyl (C=O) groups excluding carboxylic acids is 1. The van der Waals surface area contributed by atoms with Crippen molar-refractivity contribution in [2.75, 3.05) is 12.8 Å². The van der Waals surface area contributed by atoms with Crippen LogP contribution in [0.5, 0.6) is 0 Å². The van der Waals surface area contributed by atoms with Crippen molar-refractivity contribution in [1.29, 1.82) is 0 Å². The maximum atomic E-state index is 12.5. The Labute approximate surface area is 159 Å². The fourth-order valence-electron chi connectivity index (χ4n) is 3.49. The molecular weight excluding hydrogens is 364 g/mol. The number of aromatic nitrogens is 3. The number of nitrogen functional groups attached to an aromatic ring is 1. The van der Waals surface area contributed by atoms with Crippen LogP contribution in [0.15, 0.2) is 34.4 Å². The molecule has 1 saturated carbocycles. The summed E-state index contributed by atoms with van der Waals surface area (Å²) in [5.74, 6) is 0.670. The van der Waals surface area contributed by atoms with Crippen LogP contribution in [0.25, 0.3) is 11.0 Å². The quantitative estimate of drug-likeness (QED) is 0.873. The molecule has 7 nitrogen and oxygen atoms in total. The number of hydrogen-bond acceptors (Lipinski definition) is 7. The van der Waals surface area contributed by atoms with Crippen LogP contribution in [0.1, 0.15) is 48.6 Å². The van der Waals surface area contributed by atoms with Crippen LogP contribution in [0.4, 0.5) is 5.82 Å². The zero-order valence-electron chi connectivity index (χ0n) is 15.0. The van der Waals surface area contributed by atoms with Crippen molar-refractivity contribution in [2.45, 2.75) is 38.0 Å².